The van der Waals surface area contributed by atoms with Crippen molar-refractivity contribution in [3.8, 4) is 0 Å². The predicted molar refractivity (Wildman–Crippen MR) is 96.7 cm³/mol. The van der Waals surface area contributed by atoms with E-state index in [0.717, 1.165) is 38.5 Å². The summed E-state index contributed by atoms with van der Waals surface area (Å²) in [6, 6.07) is 0. The van der Waals surface area contributed by atoms with Crippen molar-refractivity contribution in [1.29, 1.82) is 0 Å². The Bertz CT molecular complexity index is 725. The highest BCUT2D eigenvalue weighted by Crippen LogP contribution is 2.62. The summed E-state index contributed by atoms with van der Waals surface area (Å²) in [7, 11) is -1.46. The maximum absolute atomic E-state index is 12.8. The molecule has 146 valence electrons. The Labute approximate surface area is 155 Å². The molecule has 0 bridgehead atoms. The number of rotatable bonds is 3. The van der Waals surface area contributed by atoms with Gasteiger partial charge in [-0.05, 0) is 49.9 Å². The zero-order valence-electron chi connectivity index (χ0n) is 15.7. The summed E-state index contributed by atoms with van der Waals surface area (Å²) in [5, 5.41) is 2.66. The van der Waals surface area contributed by atoms with Crippen LogP contribution < -0.4 is 5.32 Å². The largest absolute Gasteiger partial charge is 0.359 e. The summed E-state index contributed by atoms with van der Waals surface area (Å²) in [6.45, 7) is 3.80. The topological polar surface area (TPSA) is 86.8 Å². The predicted octanol–water partition coefficient (Wildman–Crippen LogP) is 0.565. The number of sulfonamides is 1. The number of hydrogen-bond acceptors (Lipinski definition) is 4. The highest BCUT2D eigenvalue weighted by atomic mass is 32.2. The minimum absolute atomic E-state index is 0.0200. The van der Waals surface area contributed by atoms with Crippen LogP contribution in [0.25, 0.3) is 0 Å². The molecule has 0 unspecified atom stereocenters. The number of hydrogen-bond donors (Lipinski definition) is 1. The van der Waals surface area contributed by atoms with Gasteiger partial charge in [0.05, 0.1) is 10.7 Å². The normalized spacial score (nSPS) is 34.1. The minimum atomic E-state index is -3.13. The van der Waals surface area contributed by atoms with E-state index in [2.05, 4.69) is 5.32 Å². The first kappa shape index (κ1) is 18.2. The van der Waals surface area contributed by atoms with Crippen molar-refractivity contribution in [1.82, 2.24) is 14.5 Å². The van der Waals surface area contributed by atoms with Crippen molar-refractivity contribution in [3.05, 3.63) is 0 Å². The number of nitrogens with one attached hydrogen (secondary N) is 1. The van der Waals surface area contributed by atoms with Crippen LogP contribution in [0.1, 0.15) is 45.4 Å². The SMILES string of the molecule is CNC(=O)[C@@]12CCC3(CCN(S(=O)(=O)C4CC4)CC3)[C@@H]1CN(C(C)=O)C2. The van der Waals surface area contributed by atoms with E-state index in [4.69, 9.17) is 0 Å². The van der Waals surface area contributed by atoms with Crippen molar-refractivity contribution in [2.24, 2.45) is 16.7 Å². The number of fused-ring (bicyclic) bond motifs is 2. The van der Waals surface area contributed by atoms with Crippen molar-refractivity contribution in [3.63, 3.8) is 0 Å². The minimum Gasteiger partial charge on any atom is -0.359 e. The lowest BCUT2D eigenvalue weighted by molar-refractivity contribution is -0.133. The smallest absolute Gasteiger partial charge is 0.228 e. The number of amides is 2. The van der Waals surface area contributed by atoms with E-state index in [-0.39, 0.29) is 28.4 Å². The van der Waals surface area contributed by atoms with Gasteiger partial charge in [-0.2, -0.15) is 0 Å². The van der Waals surface area contributed by atoms with Gasteiger partial charge in [0.25, 0.3) is 0 Å². The Morgan fingerprint density at radius 3 is 2.27 bits per heavy atom. The van der Waals surface area contributed by atoms with Gasteiger partial charge < -0.3 is 10.2 Å². The summed E-state index contributed by atoms with van der Waals surface area (Å²) in [5.41, 5.74) is -0.524. The van der Waals surface area contributed by atoms with Gasteiger partial charge in [0.1, 0.15) is 0 Å². The molecule has 4 fully saturated rings. The molecule has 2 saturated heterocycles. The molecule has 4 rings (SSSR count). The van der Waals surface area contributed by atoms with Gasteiger partial charge in [-0.15, -0.1) is 0 Å². The molecule has 2 aliphatic heterocycles. The summed E-state index contributed by atoms with van der Waals surface area (Å²) in [4.78, 5) is 26.6. The maximum atomic E-state index is 12.8. The number of nitrogens with zero attached hydrogens (tertiary/aromatic N) is 2. The highest BCUT2D eigenvalue weighted by Gasteiger charge is 2.65. The zero-order valence-corrected chi connectivity index (χ0v) is 16.5. The number of carbonyl (C=O) groups is 2. The van der Waals surface area contributed by atoms with E-state index in [1.807, 2.05) is 4.90 Å². The average Bonchev–Trinajstić information content (AvgIpc) is 3.34. The molecule has 1 N–H and O–H groups in total. The molecule has 8 heteroatoms. The van der Waals surface area contributed by atoms with Crippen LogP contribution in [0.15, 0.2) is 0 Å². The Hall–Kier alpha value is -1.15. The van der Waals surface area contributed by atoms with Gasteiger partial charge in [0.15, 0.2) is 0 Å². The van der Waals surface area contributed by atoms with Crippen LogP contribution in [-0.2, 0) is 19.6 Å². The van der Waals surface area contributed by atoms with Crippen molar-refractivity contribution < 1.29 is 18.0 Å². The number of carbonyl (C=O) groups excluding carboxylic acids is 2. The molecule has 26 heavy (non-hydrogen) atoms. The maximum Gasteiger partial charge on any atom is 0.228 e. The second-order valence-corrected chi connectivity index (χ2v) is 10.9. The van der Waals surface area contributed by atoms with Gasteiger partial charge in [0, 0.05) is 40.2 Å². The lowest BCUT2D eigenvalue weighted by atomic mass is 9.66. The fraction of sp³-hybridized carbons (Fsp3) is 0.889. The van der Waals surface area contributed by atoms with Gasteiger partial charge in [0.2, 0.25) is 21.8 Å². The summed E-state index contributed by atoms with van der Waals surface area (Å²) >= 11 is 0. The van der Waals surface area contributed by atoms with Crippen molar-refractivity contribution in [2.45, 2.75) is 50.7 Å². The van der Waals surface area contributed by atoms with Crippen molar-refractivity contribution in [2.75, 3.05) is 33.2 Å². The summed E-state index contributed by atoms with van der Waals surface area (Å²) < 4.78 is 26.8. The van der Waals surface area contributed by atoms with Crippen LogP contribution >= 0.6 is 0 Å². The molecule has 0 aromatic rings. The molecule has 0 radical (unpaired) electrons. The van der Waals surface area contributed by atoms with Crippen LogP contribution in [0.5, 0.6) is 0 Å². The molecule has 2 aliphatic carbocycles. The van der Waals surface area contributed by atoms with Gasteiger partial charge in [-0.25, -0.2) is 12.7 Å². The molecule has 4 aliphatic rings. The Morgan fingerprint density at radius 1 is 1.08 bits per heavy atom. The van der Waals surface area contributed by atoms with Gasteiger partial charge in [-0.1, -0.05) is 0 Å². The lowest BCUT2D eigenvalue weighted by Gasteiger charge is -2.43. The average molecular weight is 384 g/mol. The van der Waals surface area contributed by atoms with Crippen molar-refractivity contribution >= 4 is 21.8 Å². The molecular weight excluding hydrogens is 354 g/mol. The third-order valence-corrected chi connectivity index (χ3v) is 9.90. The Kier molecular flexibility index (Phi) is 4.15. The molecule has 0 aromatic heterocycles. The van der Waals surface area contributed by atoms with E-state index in [1.165, 1.54) is 0 Å². The first-order valence-corrected chi connectivity index (χ1v) is 11.2. The molecule has 2 heterocycles. The second-order valence-electron chi connectivity index (χ2n) is 8.69. The van der Waals surface area contributed by atoms with E-state index >= 15 is 0 Å². The standard InChI is InChI=1S/C18H29N3O4S/c1-13(22)20-11-15-17(5-6-18(15,12-20)16(23)19-2)7-9-21(10-8-17)26(24,25)14-3-4-14/h14-15H,3-12H2,1-2H3,(H,19,23)/t15-,18+/m0/s1. The Balaban J connectivity index is 1.56. The monoisotopic (exact) mass is 383 g/mol. The van der Waals surface area contributed by atoms with Gasteiger partial charge in [-0.3, -0.25) is 9.59 Å². The van der Waals surface area contributed by atoms with Crippen LogP contribution in [0.4, 0.5) is 0 Å². The van der Waals surface area contributed by atoms with E-state index in [9.17, 15) is 18.0 Å². The first-order valence-electron chi connectivity index (χ1n) is 9.72. The molecule has 0 aromatic carbocycles. The molecular formula is C18H29N3O4S. The van der Waals surface area contributed by atoms with E-state index < -0.39 is 15.4 Å². The van der Waals surface area contributed by atoms with Crippen LogP contribution in [0.3, 0.4) is 0 Å². The third kappa shape index (κ3) is 2.52. The summed E-state index contributed by atoms with van der Waals surface area (Å²) in [6.07, 6.45) is 4.92. The fourth-order valence-corrected chi connectivity index (χ4v) is 7.63. The number of piperidine rings is 1. The third-order valence-electron chi connectivity index (χ3n) is 7.50. The summed E-state index contributed by atoms with van der Waals surface area (Å²) in [5.74, 6) is 0.187. The van der Waals surface area contributed by atoms with Gasteiger partial charge >= 0.3 is 0 Å². The number of likely N-dealkylation sites (tertiary alicyclic amines) is 1. The highest BCUT2D eigenvalue weighted by molar-refractivity contribution is 7.90. The second kappa shape index (κ2) is 5.92. The molecule has 1 spiro atoms. The van der Waals surface area contributed by atoms with E-state index in [1.54, 1.807) is 18.3 Å². The van der Waals surface area contributed by atoms with E-state index in [0.29, 0.717) is 26.2 Å². The lowest BCUT2D eigenvalue weighted by Crippen LogP contribution is -2.49. The first-order chi connectivity index (χ1) is 12.2. The molecule has 2 atom stereocenters. The van der Waals surface area contributed by atoms with Crippen LogP contribution in [-0.4, -0.2) is 67.9 Å². The quantitative estimate of drug-likeness (QED) is 0.772. The Morgan fingerprint density at radius 2 is 1.73 bits per heavy atom. The molecule has 2 saturated carbocycles. The molecule has 7 nitrogen and oxygen atoms in total. The van der Waals surface area contributed by atoms with Crippen LogP contribution in [0, 0.1) is 16.7 Å². The van der Waals surface area contributed by atoms with Crippen LogP contribution in [0.2, 0.25) is 0 Å². The molecule has 2 amide bonds. The zero-order chi connectivity index (χ0) is 18.7. The fourth-order valence-electron chi connectivity index (χ4n) is 5.78.